The van der Waals surface area contributed by atoms with Crippen LogP contribution in [0, 0.1) is 12.8 Å². The molecule has 0 spiro atoms. The maximum Gasteiger partial charge on any atom is 0.243 e. The van der Waals surface area contributed by atoms with E-state index in [-0.39, 0.29) is 11.8 Å². The summed E-state index contributed by atoms with van der Waals surface area (Å²) in [4.78, 5) is 15.1. The van der Waals surface area contributed by atoms with Gasteiger partial charge in [-0.2, -0.15) is 4.31 Å². The second kappa shape index (κ2) is 8.90. The lowest BCUT2D eigenvalue weighted by Crippen LogP contribution is -2.40. The lowest BCUT2D eigenvalue weighted by molar-refractivity contribution is -0.132. The zero-order valence-electron chi connectivity index (χ0n) is 17.6. The Morgan fingerprint density at radius 2 is 1.77 bits per heavy atom. The van der Waals surface area contributed by atoms with Crippen molar-refractivity contribution in [3.8, 4) is 0 Å². The summed E-state index contributed by atoms with van der Waals surface area (Å²) in [5.41, 5.74) is 3.63. The van der Waals surface area contributed by atoms with E-state index in [1.54, 1.807) is 16.4 Å². The van der Waals surface area contributed by atoms with Gasteiger partial charge in [0, 0.05) is 32.6 Å². The van der Waals surface area contributed by atoms with E-state index < -0.39 is 10.0 Å². The predicted octanol–water partition coefficient (Wildman–Crippen LogP) is 3.76. The number of nitrogens with zero attached hydrogens (tertiary/aromatic N) is 2. The summed E-state index contributed by atoms with van der Waals surface area (Å²) < 4.78 is 27.6. The van der Waals surface area contributed by atoms with Gasteiger partial charge in [-0.25, -0.2) is 8.42 Å². The molecule has 0 radical (unpaired) electrons. The Balaban J connectivity index is 1.33. The summed E-state index contributed by atoms with van der Waals surface area (Å²) in [6.07, 6.45) is 3.98. The molecular formula is C24H30N2O3S. The molecular weight excluding hydrogens is 396 g/mol. The van der Waals surface area contributed by atoms with E-state index in [2.05, 4.69) is 18.2 Å². The quantitative estimate of drug-likeness (QED) is 0.731. The van der Waals surface area contributed by atoms with Gasteiger partial charge in [-0.15, -0.1) is 0 Å². The molecule has 1 saturated heterocycles. The molecule has 0 saturated carbocycles. The lowest BCUT2D eigenvalue weighted by atomic mass is 9.94. The summed E-state index contributed by atoms with van der Waals surface area (Å²) >= 11 is 0. The third-order valence-electron chi connectivity index (χ3n) is 6.39. The van der Waals surface area contributed by atoms with E-state index in [0.29, 0.717) is 31.0 Å². The molecule has 0 aromatic heterocycles. The van der Waals surface area contributed by atoms with Crippen molar-refractivity contribution in [3.63, 3.8) is 0 Å². The zero-order chi connectivity index (χ0) is 21.1. The minimum Gasteiger partial charge on any atom is -0.338 e. The monoisotopic (exact) mass is 426 g/mol. The highest BCUT2D eigenvalue weighted by Crippen LogP contribution is 2.27. The summed E-state index contributed by atoms with van der Waals surface area (Å²) in [6, 6.07) is 15.4. The summed E-state index contributed by atoms with van der Waals surface area (Å²) in [6.45, 7) is 4.48. The Morgan fingerprint density at radius 1 is 1.03 bits per heavy atom. The molecule has 2 aliphatic heterocycles. The van der Waals surface area contributed by atoms with Gasteiger partial charge in [0.05, 0.1) is 4.90 Å². The first-order valence-corrected chi connectivity index (χ1v) is 12.3. The molecule has 6 heteroatoms. The number of rotatable bonds is 5. The van der Waals surface area contributed by atoms with Crippen molar-refractivity contribution >= 4 is 15.9 Å². The van der Waals surface area contributed by atoms with Crippen LogP contribution in [0.5, 0.6) is 0 Å². The molecule has 1 amide bonds. The topological polar surface area (TPSA) is 57.7 Å². The van der Waals surface area contributed by atoms with E-state index in [4.69, 9.17) is 0 Å². The Kier molecular flexibility index (Phi) is 6.25. The highest BCUT2D eigenvalue weighted by Gasteiger charge is 2.31. The number of carbonyl (C=O) groups excluding carboxylic acids is 1. The van der Waals surface area contributed by atoms with Gasteiger partial charge >= 0.3 is 0 Å². The van der Waals surface area contributed by atoms with Gasteiger partial charge in [-0.3, -0.25) is 4.79 Å². The third kappa shape index (κ3) is 4.60. The number of aryl methyl sites for hydroxylation is 1. The van der Waals surface area contributed by atoms with Crippen molar-refractivity contribution in [2.75, 3.05) is 19.6 Å². The molecule has 160 valence electrons. The van der Waals surface area contributed by atoms with Gasteiger partial charge in [0.2, 0.25) is 15.9 Å². The normalized spacial score (nSPS) is 20.0. The fraction of sp³-hybridized carbons (Fsp3) is 0.458. The van der Waals surface area contributed by atoms with E-state index in [1.807, 2.05) is 30.0 Å². The maximum atomic E-state index is 13.0. The van der Waals surface area contributed by atoms with Gasteiger partial charge in [0.25, 0.3) is 0 Å². The largest absolute Gasteiger partial charge is 0.338 e. The fourth-order valence-electron chi connectivity index (χ4n) is 4.53. The van der Waals surface area contributed by atoms with Crippen molar-refractivity contribution < 1.29 is 13.2 Å². The minimum absolute atomic E-state index is 0.183. The number of amides is 1. The molecule has 0 N–H and O–H groups in total. The number of carbonyl (C=O) groups is 1. The molecule has 1 fully saturated rings. The molecule has 1 unspecified atom stereocenters. The Morgan fingerprint density at radius 3 is 2.53 bits per heavy atom. The van der Waals surface area contributed by atoms with Crippen LogP contribution >= 0.6 is 0 Å². The van der Waals surface area contributed by atoms with Crippen LogP contribution in [0.4, 0.5) is 0 Å². The van der Waals surface area contributed by atoms with Gasteiger partial charge in [0.15, 0.2) is 0 Å². The highest BCUT2D eigenvalue weighted by molar-refractivity contribution is 7.89. The Bertz CT molecular complexity index is 1000. The number of hydrogen-bond acceptors (Lipinski definition) is 3. The molecule has 1 atom stereocenters. The summed E-state index contributed by atoms with van der Waals surface area (Å²) in [7, 11) is -3.47. The van der Waals surface area contributed by atoms with Crippen molar-refractivity contribution in [1.82, 2.24) is 9.21 Å². The predicted molar refractivity (Wildman–Crippen MR) is 117 cm³/mol. The standard InChI is InChI=1S/C24H30N2O3S/c1-19-8-11-23(12-9-19)30(28,29)26-15-4-5-20(17-26)10-13-24(27)25-16-14-21-6-2-3-7-22(21)18-25/h2-3,6-9,11-12,20H,4-5,10,13-18H2,1H3. The number of sulfonamides is 1. The molecule has 2 aromatic carbocycles. The van der Waals surface area contributed by atoms with Gasteiger partial charge in [-0.1, -0.05) is 42.0 Å². The zero-order valence-corrected chi connectivity index (χ0v) is 18.4. The second-order valence-electron chi connectivity index (χ2n) is 8.56. The van der Waals surface area contributed by atoms with Crippen molar-refractivity contribution in [1.29, 1.82) is 0 Å². The number of fused-ring (bicyclic) bond motifs is 1. The Hall–Kier alpha value is -2.18. The number of piperidine rings is 1. The average Bonchev–Trinajstić information content (AvgIpc) is 2.77. The van der Waals surface area contributed by atoms with E-state index in [1.165, 1.54) is 11.1 Å². The molecule has 5 nitrogen and oxygen atoms in total. The molecule has 2 aromatic rings. The van der Waals surface area contributed by atoms with Crippen LogP contribution in [-0.2, 0) is 27.8 Å². The van der Waals surface area contributed by atoms with Crippen LogP contribution in [0.3, 0.4) is 0 Å². The number of hydrogen-bond donors (Lipinski definition) is 0. The summed E-state index contributed by atoms with van der Waals surface area (Å²) in [5.74, 6) is 0.419. The fourth-order valence-corrected chi connectivity index (χ4v) is 6.09. The molecule has 0 aliphatic carbocycles. The molecule has 30 heavy (non-hydrogen) atoms. The lowest BCUT2D eigenvalue weighted by Gasteiger charge is -2.33. The first-order chi connectivity index (χ1) is 14.4. The van der Waals surface area contributed by atoms with Gasteiger partial charge < -0.3 is 4.90 Å². The van der Waals surface area contributed by atoms with Crippen LogP contribution in [0.15, 0.2) is 53.4 Å². The number of benzene rings is 2. The van der Waals surface area contributed by atoms with Crippen molar-refractivity contribution in [3.05, 3.63) is 65.2 Å². The van der Waals surface area contributed by atoms with Crippen LogP contribution in [-0.4, -0.2) is 43.2 Å². The van der Waals surface area contributed by atoms with Gasteiger partial charge in [0.1, 0.15) is 0 Å². The second-order valence-corrected chi connectivity index (χ2v) is 10.5. The smallest absolute Gasteiger partial charge is 0.243 e. The SMILES string of the molecule is Cc1ccc(S(=O)(=O)N2CCCC(CCC(=O)N3CCc4ccccc4C3)C2)cc1. The van der Waals surface area contributed by atoms with Crippen LogP contribution < -0.4 is 0 Å². The average molecular weight is 427 g/mol. The van der Waals surface area contributed by atoms with Crippen LogP contribution in [0.2, 0.25) is 0 Å². The van der Waals surface area contributed by atoms with E-state index >= 15 is 0 Å². The summed E-state index contributed by atoms with van der Waals surface area (Å²) in [5, 5.41) is 0. The van der Waals surface area contributed by atoms with Crippen LogP contribution in [0.1, 0.15) is 42.4 Å². The molecule has 2 aliphatic rings. The maximum absolute atomic E-state index is 13.0. The third-order valence-corrected chi connectivity index (χ3v) is 8.27. The molecule has 2 heterocycles. The van der Waals surface area contributed by atoms with E-state index in [0.717, 1.165) is 37.8 Å². The first kappa shape index (κ1) is 21.1. The van der Waals surface area contributed by atoms with E-state index in [9.17, 15) is 13.2 Å². The van der Waals surface area contributed by atoms with Crippen molar-refractivity contribution in [2.24, 2.45) is 5.92 Å². The molecule has 0 bridgehead atoms. The first-order valence-electron chi connectivity index (χ1n) is 10.8. The van der Waals surface area contributed by atoms with Gasteiger partial charge in [-0.05, 0) is 61.8 Å². The molecule has 4 rings (SSSR count). The minimum atomic E-state index is -3.47. The highest BCUT2D eigenvalue weighted by atomic mass is 32.2. The Labute approximate surface area is 179 Å². The van der Waals surface area contributed by atoms with Crippen LogP contribution in [0.25, 0.3) is 0 Å². The van der Waals surface area contributed by atoms with Crippen molar-refractivity contribution in [2.45, 2.75) is 50.5 Å².